The second-order valence-electron chi connectivity index (χ2n) is 5.07. The molecule has 100 valence electrons. The van der Waals surface area contributed by atoms with Crippen LogP contribution in [0.2, 0.25) is 0 Å². The van der Waals surface area contributed by atoms with E-state index in [4.69, 9.17) is 4.74 Å². The van der Waals surface area contributed by atoms with Gasteiger partial charge in [0.05, 0.1) is 6.10 Å². The first kappa shape index (κ1) is 15.5. The van der Waals surface area contributed by atoms with Crippen LogP contribution in [-0.2, 0) is 4.74 Å². The van der Waals surface area contributed by atoms with Gasteiger partial charge in [0.25, 0.3) is 0 Å². The van der Waals surface area contributed by atoms with E-state index < -0.39 is 0 Å². The lowest BCUT2D eigenvalue weighted by molar-refractivity contribution is 0.124. The van der Waals surface area contributed by atoms with Gasteiger partial charge in [0.15, 0.2) is 0 Å². The zero-order valence-corrected chi connectivity index (χ0v) is 13.5. The van der Waals surface area contributed by atoms with Crippen molar-refractivity contribution in [3.05, 3.63) is 9.66 Å². The van der Waals surface area contributed by atoms with Gasteiger partial charge in [-0.1, -0.05) is 45.6 Å². The van der Waals surface area contributed by atoms with Crippen molar-refractivity contribution >= 4 is 22.6 Å². The summed E-state index contributed by atoms with van der Waals surface area (Å²) >= 11 is 2.50. The molecular weight excluding hydrogens is 323 g/mol. The standard InChI is InChI=1S/C15H27IO/c1-3-5-6-7-8-10-14(16)15-13(9-4-2)11-12-17-15/h10,13,15H,3-9,11-12H2,1-2H3/b14-10-/t13-,15-/m1/s1. The summed E-state index contributed by atoms with van der Waals surface area (Å²) in [6, 6.07) is 0. The Balaban J connectivity index is 2.29. The van der Waals surface area contributed by atoms with E-state index in [1.807, 2.05) is 0 Å². The number of rotatable bonds is 8. The molecule has 1 rings (SSSR count). The summed E-state index contributed by atoms with van der Waals surface area (Å²) in [5, 5.41) is 0. The molecule has 1 saturated heterocycles. The van der Waals surface area contributed by atoms with Crippen LogP contribution >= 0.6 is 22.6 Å². The van der Waals surface area contributed by atoms with E-state index in [1.165, 1.54) is 54.9 Å². The van der Waals surface area contributed by atoms with Crippen molar-refractivity contribution in [3.8, 4) is 0 Å². The van der Waals surface area contributed by atoms with Gasteiger partial charge >= 0.3 is 0 Å². The fourth-order valence-corrected chi connectivity index (χ4v) is 3.53. The van der Waals surface area contributed by atoms with Crippen molar-refractivity contribution < 1.29 is 4.74 Å². The van der Waals surface area contributed by atoms with E-state index in [9.17, 15) is 0 Å². The number of hydrogen-bond acceptors (Lipinski definition) is 1. The molecule has 1 nitrogen and oxygen atoms in total. The molecule has 2 heteroatoms. The largest absolute Gasteiger partial charge is 0.373 e. The van der Waals surface area contributed by atoms with Crippen molar-refractivity contribution in [2.75, 3.05) is 6.61 Å². The average molecular weight is 350 g/mol. The Labute approximate surface area is 121 Å². The van der Waals surface area contributed by atoms with Gasteiger partial charge in [-0.25, -0.2) is 0 Å². The van der Waals surface area contributed by atoms with E-state index in [1.54, 1.807) is 0 Å². The lowest BCUT2D eigenvalue weighted by Crippen LogP contribution is -2.15. The Morgan fingerprint density at radius 1 is 1.24 bits per heavy atom. The molecule has 0 amide bonds. The van der Waals surface area contributed by atoms with Crippen LogP contribution in [0.25, 0.3) is 0 Å². The molecule has 0 unspecified atom stereocenters. The Morgan fingerprint density at radius 2 is 2.06 bits per heavy atom. The molecule has 0 spiro atoms. The molecular formula is C15H27IO. The molecule has 0 aromatic carbocycles. The van der Waals surface area contributed by atoms with Crippen LogP contribution in [0.5, 0.6) is 0 Å². The monoisotopic (exact) mass is 350 g/mol. The highest BCUT2D eigenvalue weighted by atomic mass is 127. The van der Waals surface area contributed by atoms with Gasteiger partial charge in [0, 0.05) is 10.2 Å². The van der Waals surface area contributed by atoms with Gasteiger partial charge in [0.1, 0.15) is 0 Å². The zero-order valence-electron chi connectivity index (χ0n) is 11.4. The van der Waals surface area contributed by atoms with Crippen LogP contribution in [0.3, 0.4) is 0 Å². The predicted octanol–water partition coefficient (Wildman–Crippen LogP) is 5.48. The molecule has 1 fully saturated rings. The van der Waals surface area contributed by atoms with Crippen LogP contribution in [0.1, 0.15) is 65.2 Å². The fraction of sp³-hybridized carbons (Fsp3) is 0.867. The minimum absolute atomic E-state index is 0.418. The maximum absolute atomic E-state index is 5.88. The molecule has 2 atom stereocenters. The molecule has 0 aromatic rings. The van der Waals surface area contributed by atoms with Gasteiger partial charge in [-0.3, -0.25) is 0 Å². The van der Waals surface area contributed by atoms with Crippen molar-refractivity contribution in [3.63, 3.8) is 0 Å². The van der Waals surface area contributed by atoms with Crippen molar-refractivity contribution in [2.24, 2.45) is 5.92 Å². The van der Waals surface area contributed by atoms with Gasteiger partial charge in [-0.2, -0.15) is 0 Å². The van der Waals surface area contributed by atoms with Crippen molar-refractivity contribution in [1.29, 1.82) is 0 Å². The third-order valence-corrected chi connectivity index (χ3v) is 4.60. The molecule has 17 heavy (non-hydrogen) atoms. The molecule has 0 bridgehead atoms. The van der Waals surface area contributed by atoms with Gasteiger partial charge in [-0.15, -0.1) is 0 Å². The first-order valence-corrected chi connectivity index (χ1v) is 8.34. The second kappa shape index (κ2) is 9.37. The molecule has 0 aliphatic carbocycles. The Bertz CT molecular complexity index is 225. The van der Waals surface area contributed by atoms with Gasteiger partial charge < -0.3 is 4.74 Å². The lowest BCUT2D eigenvalue weighted by Gasteiger charge is -2.17. The SMILES string of the molecule is CCCCCC/C=C(\I)[C@@H]1OCC[C@H]1CCC. The Morgan fingerprint density at radius 3 is 2.76 bits per heavy atom. The Hall–Kier alpha value is 0.430. The van der Waals surface area contributed by atoms with Crippen molar-refractivity contribution in [2.45, 2.75) is 71.3 Å². The molecule has 1 aliphatic heterocycles. The number of hydrogen-bond donors (Lipinski definition) is 0. The average Bonchev–Trinajstić information content (AvgIpc) is 2.77. The predicted molar refractivity (Wildman–Crippen MR) is 83.6 cm³/mol. The maximum atomic E-state index is 5.88. The van der Waals surface area contributed by atoms with Gasteiger partial charge in [0.2, 0.25) is 0 Å². The summed E-state index contributed by atoms with van der Waals surface area (Å²) in [6.07, 6.45) is 13.3. The summed E-state index contributed by atoms with van der Waals surface area (Å²) in [6.45, 7) is 5.50. The maximum Gasteiger partial charge on any atom is 0.0907 e. The van der Waals surface area contributed by atoms with E-state index >= 15 is 0 Å². The van der Waals surface area contributed by atoms with Crippen LogP contribution in [-0.4, -0.2) is 12.7 Å². The molecule has 1 heterocycles. The van der Waals surface area contributed by atoms with E-state index in [0.29, 0.717) is 6.10 Å². The molecule has 1 aliphatic rings. The number of allylic oxidation sites excluding steroid dienone is 1. The summed E-state index contributed by atoms with van der Waals surface area (Å²) in [7, 11) is 0. The summed E-state index contributed by atoms with van der Waals surface area (Å²) in [5.74, 6) is 0.777. The number of ether oxygens (including phenoxy) is 1. The molecule has 0 radical (unpaired) electrons. The highest BCUT2D eigenvalue weighted by Gasteiger charge is 2.29. The first-order chi connectivity index (χ1) is 8.29. The summed E-state index contributed by atoms with van der Waals surface area (Å²) in [4.78, 5) is 0. The topological polar surface area (TPSA) is 9.23 Å². The minimum Gasteiger partial charge on any atom is -0.373 e. The van der Waals surface area contributed by atoms with E-state index in [-0.39, 0.29) is 0 Å². The van der Waals surface area contributed by atoms with E-state index in [0.717, 1.165) is 12.5 Å². The lowest BCUT2D eigenvalue weighted by atomic mass is 9.95. The highest BCUT2D eigenvalue weighted by molar-refractivity contribution is 14.1. The van der Waals surface area contributed by atoms with Crippen LogP contribution in [0.15, 0.2) is 9.66 Å². The Kier molecular flexibility index (Phi) is 8.54. The summed E-state index contributed by atoms with van der Waals surface area (Å²) < 4.78 is 7.34. The van der Waals surface area contributed by atoms with Crippen molar-refractivity contribution in [1.82, 2.24) is 0 Å². The molecule has 0 aromatic heterocycles. The third-order valence-electron chi connectivity index (χ3n) is 3.54. The highest BCUT2D eigenvalue weighted by Crippen LogP contribution is 2.33. The van der Waals surface area contributed by atoms with E-state index in [2.05, 4.69) is 42.5 Å². The van der Waals surface area contributed by atoms with Crippen LogP contribution in [0.4, 0.5) is 0 Å². The normalized spacial score (nSPS) is 25.5. The van der Waals surface area contributed by atoms with Crippen LogP contribution in [0, 0.1) is 5.92 Å². The first-order valence-electron chi connectivity index (χ1n) is 7.26. The van der Waals surface area contributed by atoms with Gasteiger partial charge in [-0.05, 0) is 54.2 Å². The molecule has 0 N–H and O–H groups in total. The smallest absolute Gasteiger partial charge is 0.0907 e. The quantitative estimate of drug-likeness (QED) is 0.416. The fourth-order valence-electron chi connectivity index (χ4n) is 2.53. The molecule has 0 saturated carbocycles. The zero-order chi connectivity index (χ0) is 12.5. The minimum atomic E-state index is 0.418. The number of unbranched alkanes of at least 4 members (excludes halogenated alkanes) is 4. The van der Waals surface area contributed by atoms with Crippen LogP contribution < -0.4 is 0 Å². The third kappa shape index (κ3) is 5.73. The number of halogens is 1. The second-order valence-corrected chi connectivity index (χ2v) is 6.31. The summed E-state index contributed by atoms with van der Waals surface area (Å²) in [5.41, 5.74) is 0.